The van der Waals surface area contributed by atoms with E-state index < -0.39 is 22.6 Å². The second-order valence-electron chi connectivity index (χ2n) is 13.3. The lowest BCUT2D eigenvalue weighted by atomic mass is 9.83. The van der Waals surface area contributed by atoms with E-state index in [-0.39, 0.29) is 34.9 Å². The van der Waals surface area contributed by atoms with Gasteiger partial charge < -0.3 is 24.8 Å². The first-order valence-electron chi connectivity index (χ1n) is 14.6. The van der Waals surface area contributed by atoms with Crippen LogP contribution in [0.4, 0.5) is 22.2 Å². The van der Waals surface area contributed by atoms with Crippen LogP contribution in [0.3, 0.4) is 0 Å². The van der Waals surface area contributed by atoms with E-state index in [4.69, 9.17) is 15.5 Å². The Labute approximate surface area is 256 Å². The Balaban J connectivity index is 1.91. The van der Waals surface area contributed by atoms with Gasteiger partial charge in [0.1, 0.15) is 17.5 Å². The Hall–Kier alpha value is -3.51. The van der Waals surface area contributed by atoms with E-state index in [2.05, 4.69) is 51.4 Å². The number of ether oxygens (including phenoxy) is 1. The zero-order valence-corrected chi connectivity index (χ0v) is 27.2. The number of carbonyl (C=O) groups excluding carboxylic acids is 2. The van der Waals surface area contributed by atoms with Gasteiger partial charge in [0, 0.05) is 36.2 Å². The summed E-state index contributed by atoms with van der Waals surface area (Å²) in [5.74, 6) is -0.00723. The maximum absolute atomic E-state index is 14.3. The topological polar surface area (TPSA) is 145 Å². The standard InChI is InChI=1S/C31H44N6O5S/c1-19(2)42-29(39)35-14-12-21(13-15-35)22-16-23(28(38)37(43(40)41)25-11-9-10-24(32)33-25)27(34-26(22)30(4,5)6)36-18-20(3)17-31(36,7)8/h9-12,16,19-20H,13-15,17-18H2,1-8H3,(H2,32,33)(H,40,41)/p-1/t20-/m0/s1. The quantitative estimate of drug-likeness (QED) is 0.443. The molecule has 1 unspecified atom stereocenters. The van der Waals surface area contributed by atoms with E-state index in [1.165, 1.54) is 12.1 Å². The van der Waals surface area contributed by atoms with Gasteiger partial charge in [0.2, 0.25) is 0 Å². The molecule has 0 aliphatic carbocycles. The highest BCUT2D eigenvalue weighted by Gasteiger charge is 2.41. The summed E-state index contributed by atoms with van der Waals surface area (Å²) < 4.78 is 31.1. The van der Waals surface area contributed by atoms with Gasteiger partial charge in [0.05, 0.1) is 28.6 Å². The van der Waals surface area contributed by atoms with Crippen LogP contribution < -0.4 is 14.9 Å². The molecular weight excluding hydrogens is 568 g/mol. The highest BCUT2D eigenvalue weighted by atomic mass is 32.2. The molecule has 2 N–H and O–H groups in total. The molecule has 2 aliphatic heterocycles. The average Bonchev–Trinajstić information content (AvgIpc) is 3.18. The SMILES string of the molecule is CC(C)OC(=O)N1CC=C(c2cc(C(=O)N(c3cccc(N)n3)S(=O)[O-])c(N3C[C@@H](C)CC3(C)C)nc2C(C)(C)C)CC1. The lowest BCUT2D eigenvalue weighted by Crippen LogP contribution is -2.42. The summed E-state index contributed by atoms with van der Waals surface area (Å²) in [7, 11) is 0. The molecule has 0 bridgehead atoms. The van der Waals surface area contributed by atoms with Crippen molar-refractivity contribution in [2.24, 2.45) is 5.92 Å². The van der Waals surface area contributed by atoms with Crippen molar-refractivity contribution in [2.45, 2.75) is 85.3 Å². The van der Waals surface area contributed by atoms with E-state index >= 15 is 0 Å². The Morgan fingerprint density at radius 1 is 1.23 bits per heavy atom. The van der Waals surface area contributed by atoms with Crippen molar-refractivity contribution in [1.82, 2.24) is 14.9 Å². The van der Waals surface area contributed by atoms with Gasteiger partial charge >= 0.3 is 6.09 Å². The summed E-state index contributed by atoms with van der Waals surface area (Å²) in [5, 5.41) is 0. The summed E-state index contributed by atoms with van der Waals surface area (Å²) in [6.45, 7) is 17.6. The fourth-order valence-corrected chi connectivity index (χ4v) is 6.40. The minimum absolute atomic E-state index is 0.0882. The Kier molecular flexibility index (Phi) is 9.22. The van der Waals surface area contributed by atoms with Crippen LogP contribution in [0.25, 0.3) is 5.57 Å². The fourth-order valence-electron chi connectivity index (χ4n) is 5.91. The van der Waals surface area contributed by atoms with Crippen molar-refractivity contribution in [1.29, 1.82) is 0 Å². The molecule has 2 amide bonds. The van der Waals surface area contributed by atoms with E-state index in [0.29, 0.717) is 42.1 Å². The van der Waals surface area contributed by atoms with Gasteiger partial charge in [-0.2, -0.15) is 0 Å². The monoisotopic (exact) mass is 611 g/mol. The largest absolute Gasteiger partial charge is 0.755 e. The van der Waals surface area contributed by atoms with E-state index in [9.17, 15) is 18.4 Å². The molecule has 0 aromatic carbocycles. The number of anilines is 3. The lowest BCUT2D eigenvalue weighted by molar-refractivity contribution is 0.0799. The molecule has 11 nitrogen and oxygen atoms in total. The van der Waals surface area contributed by atoms with Crippen molar-refractivity contribution >= 4 is 46.3 Å². The predicted molar refractivity (Wildman–Crippen MR) is 168 cm³/mol. The van der Waals surface area contributed by atoms with Crippen LogP contribution in [0.5, 0.6) is 0 Å². The summed E-state index contributed by atoms with van der Waals surface area (Å²) in [6.07, 6.45) is 2.76. The molecule has 4 rings (SSSR count). The Bertz CT molecular complexity index is 1450. The zero-order chi connectivity index (χ0) is 31.9. The summed E-state index contributed by atoms with van der Waals surface area (Å²) >= 11 is -2.98. The third-order valence-electron chi connectivity index (χ3n) is 7.72. The minimum Gasteiger partial charge on any atom is -0.755 e. The first-order valence-corrected chi connectivity index (χ1v) is 15.7. The fraction of sp³-hybridized carbons (Fsp3) is 0.548. The van der Waals surface area contributed by atoms with Crippen LogP contribution in [0.1, 0.15) is 89.8 Å². The number of pyridine rings is 2. The highest BCUT2D eigenvalue weighted by molar-refractivity contribution is 7.81. The number of nitrogens with zero attached hydrogens (tertiary/aromatic N) is 5. The maximum atomic E-state index is 14.3. The van der Waals surface area contributed by atoms with Crippen LogP contribution in [-0.2, 0) is 21.4 Å². The molecule has 0 spiro atoms. The van der Waals surface area contributed by atoms with Crippen molar-refractivity contribution < 1.29 is 23.1 Å². The highest BCUT2D eigenvalue weighted by Crippen LogP contribution is 2.42. The van der Waals surface area contributed by atoms with Crippen LogP contribution in [0.2, 0.25) is 0 Å². The second-order valence-corrected chi connectivity index (χ2v) is 14.1. The lowest BCUT2D eigenvalue weighted by Gasteiger charge is -2.37. The van der Waals surface area contributed by atoms with Crippen molar-refractivity contribution in [3.63, 3.8) is 0 Å². The number of nitrogens with two attached hydrogens (primary N) is 1. The number of amides is 2. The summed E-state index contributed by atoms with van der Waals surface area (Å²) in [4.78, 5) is 39.9. The number of nitrogen functional groups attached to an aromatic ring is 1. The summed E-state index contributed by atoms with van der Waals surface area (Å²) in [5.41, 5.74) is 7.73. The number of carbonyl (C=O) groups is 2. The Morgan fingerprint density at radius 2 is 1.93 bits per heavy atom. The molecule has 0 saturated carbocycles. The van der Waals surface area contributed by atoms with Gasteiger partial charge in [-0.15, -0.1) is 0 Å². The van der Waals surface area contributed by atoms with Gasteiger partial charge in [-0.1, -0.05) is 39.8 Å². The molecule has 2 aromatic rings. The van der Waals surface area contributed by atoms with E-state index in [1.54, 1.807) is 17.0 Å². The molecule has 2 aromatic heterocycles. The molecule has 234 valence electrons. The smallest absolute Gasteiger partial charge is 0.410 e. The molecule has 0 radical (unpaired) electrons. The summed E-state index contributed by atoms with van der Waals surface area (Å²) in [6, 6.07) is 6.27. The van der Waals surface area contributed by atoms with E-state index in [1.807, 2.05) is 19.9 Å². The van der Waals surface area contributed by atoms with Crippen LogP contribution in [-0.4, -0.2) is 66.9 Å². The number of aromatic nitrogens is 2. The van der Waals surface area contributed by atoms with Gasteiger partial charge in [-0.25, -0.2) is 19.1 Å². The Morgan fingerprint density at radius 3 is 2.44 bits per heavy atom. The number of rotatable bonds is 6. The normalized spacial score (nSPS) is 19.3. The van der Waals surface area contributed by atoms with Gasteiger partial charge in [-0.05, 0) is 70.2 Å². The van der Waals surface area contributed by atoms with Crippen molar-refractivity contribution in [3.05, 3.63) is 47.2 Å². The van der Waals surface area contributed by atoms with Crippen molar-refractivity contribution in [2.75, 3.05) is 34.6 Å². The van der Waals surface area contributed by atoms with Crippen LogP contribution in [0, 0.1) is 5.92 Å². The number of hydrogen-bond donors (Lipinski definition) is 1. The third kappa shape index (κ3) is 7.01. The molecule has 1 saturated heterocycles. The molecule has 2 atom stereocenters. The van der Waals surface area contributed by atoms with Gasteiger partial charge in [0.25, 0.3) is 5.91 Å². The first-order chi connectivity index (χ1) is 20.0. The minimum atomic E-state index is -2.98. The van der Waals surface area contributed by atoms with Crippen LogP contribution >= 0.6 is 0 Å². The molecular formula is C31H43N6O5S-. The maximum Gasteiger partial charge on any atom is 0.410 e. The predicted octanol–water partition coefficient (Wildman–Crippen LogP) is 5.06. The zero-order valence-electron chi connectivity index (χ0n) is 26.3. The molecule has 4 heterocycles. The second kappa shape index (κ2) is 12.2. The van der Waals surface area contributed by atoms with Gasteiger partial charge in [0.15, 0.2) is 0 Å². The average molecular weight is 612 g/mol. The van der Waals surface area contributed by atoms with E-state index in [0.717, 1.165) is 23.3 Å². The molecule has 12 heteroatoms. The molecule has 2 aliphatic rings. The molecule has 43 heavy (non-hydrogen) atoms. The van der Waals surface area contributed by atoms with Gasteiger partial charge in [-0.3, -0.25) is 9.00 Å². The van der Waals surface area contributed by atoms with Crippen LogP contribution in [0.15, 0.2) is 30.3 Å². The number of hydrogen-bond acceptors (Lipinski definition) is 9. The first kappa shape index (κ1) is 32.4. The molecule has 1 fully saturated rings. The van der Waals surface area contributed by atoms with Crippen molar-refractivity contribution in [3.8, 4) is 0 Å². The third-order valence-corrected chi connectivity index (χ3v) is 8.37.